The first-order valence-corrected chi connectivity index (χ1v) is 6.88. The molecule has 0 spiro atoms. The van der Waals surface area contributed by atoms with E-state index in [9.17, 15) is 25.4 Å². The van der Waals surface area contributed by atoms with Crippen molar-refractivity contribution in [3.8, 4) is 17.2 Å². The van der Waals surface area contributed by atoms with Crippen LogP contribution >= 0.6 is 0 Å². The number of carboxylic acids is 1. The van der Waals surface area contributed by atoms with E-state index in [1.807, 2.05) is 0 Å². The third-order valence-corrected chi connectivity index (χ3v) is 3.95. The van der Waals surface area contributed by atoms with Crippen molar-refractivity contribution >= 4 is 33.2 Å². The third-order valence-electron chi connectivity index (χ3n) is 3.95. The SMILES string of the molecule is O=C(O)c1cc2c(c3c1c(N(O)O)cc1ccc([O-])cc13)OCO2. The van der Waals surface area contributed by atoms with Crippen LogP contribution in [-0.4, -0.2) is 28.3 Å². The first-order chi connectivity index (χ1) is 11.5. The second-order valence-electron chi connectivity index (χ2n) is 5.28. The molecule has 0 bridgehead atoms. The number of anilines is 1. The maximum absolute atomic E-state index is 11.8. The number of fused-ring (bicyclic) bond motifs is 5. The molecule has 0 saturated carbocycles. The van der Waals surface area contributed by atoms with E-state index in [-0.39, 0.29) is 51.3 Å². The van der Waals surface area contributed by atoms with Crippen molar-refractivity contribution in [2.45, 2.75) is 0 Å². The average Bonchev–Trinajstić information content (AvgIpc) is 3.00. The average molecular weight is 328 g/mol. The Labute approximate surface area is 134 Å². The quantitative estimate of drug-likeness (QED) is 0.483. The van der Waals surface area contributed by atoms with E-state index in [1.165, 1.54) is 30.3 Å². The summed E-state index contributed by atoms with van der Waals surface area (Å²) in [4.78, 5) is 11.7. The minimum absolute atomic E-state index is 0.0369. The number of aromatic carboxylic acids is 1. The van der Waals surface area contributed by atoms with Gasteiger partial charge < -0.3 is 19.7 Å². The van der Waals surface area contributed by atoms with Gasteiger partial charge in [0.1, 0.15) is 5.69 Å². The van der Waals surface area contributed by atoms with Gasteiger partial charge >= 0.3 is 5.97 Å². The Morgan fingerprint density at radius 2 is 1.92 bits per heavy atom. The standard InChI is InChI=1S/C16H11NO7/c18-8-2-1-7-3-11(17(21)22)13-10(16(19)20)5-12-15(24-6-23-12)14(13)9(7)4-8/h1-5,18,21-22H,6H2,(H,19,20)/p-1. The van der Waals surface area contributed by atoms with Crippen LogP contribution in [0.25, 0.3) is 21.5 Å². The molecule has 122 valence electrons. The lowest BCUT2D eigenvalue weighted by Crippen LogP contribution is -2.13. The maximum Gasteiger partial charge on any atom is 0.336 e. The van der Waals surface area contributed by atoms with Crippen LogP contribution in [0, 0.1) is 0 Å². The molecule has 1 heterocycles. The molecule has 8 nitrogen and oxygen atoms in total. The van der Waals surface area contributed by atoms with Crippen LogP contribution in [0.15, 0.2) is 30.3 Å². The number of carbonyl (C=O) groups is 1. The molecule has 0 atom stereocenters. The molecule has 4 rings (SSSR count). The Morgan fingerprint density at radius 1 is 1.12 bits per heavy atom. The summed E-state index contributed by atoms with van der Waals surface area (Å²) in [6, 6.07) is 6.82. The highest BCUT2D eigenvalue weighted by Gasteiger charge is 2.27. The zero-order valence-corrected chi connectivity index (χ0v) is 12.0. The first kappa shape index (κ1) is 14.4. The number of carboxylic acid groups (broad SMARTS) is 1. The van der Waals surface area contributed by atoms with Crippen molar-refractivity contribution in [1.29, 1.82) is 0 Å². The fourth-order valence-electron chi connectivity index (χ4n) is 2.99. The summed E-state index contributed by atoms with van der Waals surface area (Å²) in [5.74, 6) is -1.07. The molecule has 3 aromatic rings. The third kappa shape index (κ3) is 1.91. The Balaban J connectivity index is 2.32. The Bertz CT molecular complexity index is 1010. The van der Waals surface area contributed by atoms with E-state index in [0.717, 1.165) is 0 Å². The van der Waals surface area contributed by atoms with Crippen molar-refractivity contribution in [3.05, 3.63) is 35.9 Å². The predicted molar refractivity (Wildman–Crippen MR) is 80.0 cm³/mol. The first-order valence-electron chi connectivity index (χ1n) is 6.88. The molecule has 1 aliphatic rings. The van der Waals surface area contributed by atoms with Gasteiger partial charge in [0.25, 0.3) is 0 Å². The van der Waals surface area contributed by atoms with E-state index >= 15 is 0 Å². The van der Waals surface area contributed by atoms with Crippen LogP contribution in [0.5, 0.6) is 17.2 Å². The van der Waals surface area contributed by atoms with E-state index < -0.39 is 5.97 Å². The molecular weight excluding hydrogens is 318 g/mol. The van der Waals surface area contributed by atoms with Crippen molar-refractivity contribution < 1.29 is 34.9 Å². The molecule has 0 unspecified atom stereocenters. The molecule has 0 radical (unpaired) electrons. The summed E-state index contributed by atoms with van der Waals surface area (Å²) >= 11 is 0. The van der Waals surface area contributed by atoms with Gasteiger partial charge in [-0.3, -0.25) is 10.4 Å². The minimum atomic E-state index is -1.28. The molecule has 0 saturated heterocycles. The number of nitrogens with zero attached hydrogens (tertiary/aromatic N) is 1. The molecule has 0 fully saturated rings. The number of benzene rings is 3. The van der Waals surface area contributed by atoms with Gasteiger partial charge in [0, 0.05) is 10.8 Å². The molecular formula is C16H10NO7-. The Kier molecular flexibility index (Phi) is 2.92. The summed E-state index contributed by atoms with van der Waals surface area (Å²) in [5, 5.41) is 41.5. The fraction of sp³-hybridized carbons (Fsp3) is 0.0625. The zero-order valence-electron chi connectivity index (χ0n) is 12.0. The fourth-order valence-corrected chi connectivity index (χ4v) is 2.99. The van der Waals surface area contributed by atoms with Crippen molar-refractivity contribution in [1.82, 2.24) is 0 Å². The van der Waals surface area contributed by atoms with E-state index in [2.05, 4.69) is 0 Å². The number of hydrogen-bond acceptors (Lipinski definition) is 7. The zero-order chi connectivity index (χ0) is 17.0. The van der Waals surface area contributed by atoms with E-state index in [1.54, 1.807) is 0 Å². The largest absolute Gasteiger partial charge is 0.872 e. The van der Waals surface area contributed by atoms with Gasteiger partial charge in [0.15, 0.2) is 11.5 Å². The van der Waals surface area contributed by atoms with E-state index in [0.29, 0.717) is 10.8 Å². The van der Waals surface area contributed by atoms with Crippen LogP contribution in [0.1, 0.15) is 10.4 Å². The molecule has 0 aromatic heterocycles. The molecule has 8 heteroatoms. The van der Waals surface area contributed by atoms with Gasteiger partial charge in [0.05, 0.1) is 5.56 Å². The number of rotatable bonds is 2. The highest BCUT2D eigenvalue weighted by molar-refractivity contribution is 6.22. The highest BCUT2D eigenvalue weighted by atomic mass is 16.8. The lowest BCUT2D eigenvalue weighted by Gasteiger charge is -2.18. The van der Waals surface area contributed by atoms with Gasteiger partial charge in [-0.2, -0.15) is 0 Å². The highest BCUT2D eigenvalue weighted by Crippen LogP contribution is 2.47. The summed E-state index contributed by atoms with van der Waals surface area (Å²) in [6.45, 7) is -0.0990. The smallest absolute Gasteiger partial charge is 0.336 e. The van der Waals surface area contributed by atoms with Gasteiger partial charge in [-0.15, -0.1) is 11.0 Å². The topological polar surface area (TPSA) is 123 Å². The summed E-state index contributed by atoms with van der Waals surface area (Å²) in [6.07, 6.45) is 0. The molecule has 3 aromatic carbocycles. The number of hydrogen-bond donors (Lipinski definition) is 3. The second-order valence-corrected chi connectivity index (χ2v) is 5.28. The van der Waals surface area contributed by atoms with Gasteiger partial charge in [-0.05, 0) is 22.9 Å². The summed E-state index contributed by atoms with van der Waals surface area (Å²) in [5.41, 5.74) is -0.345. The monoisotopic (exact) mass is 328 g/mol. The molecule has 0 amide bonds. The molecule has 0 aliphatic carbocycles. The lowest BCUT2D eigenvalue weighted by atomic mass is 9.95. The predicted octanol–water partition coefficient (Wildman–Crippen LogP) is 2.08. The van der Waals surface area contributed by atoms with Crippen molar-refractivity contribution in [3.63, 3.8) is 0 Å². The van der Waals surface area contributed by atoms with Crippen molar-refractivity contribution in [2.24, 2.45) is 0 Å². The van der Waals surface area contributed by atoms with Gasteiger partial charge in [-0.1, -0.05) is 18.2 Å². The van der Waals surface area contributed by atoms with Gasteiger partial charge in [-0.25, -0.2) is 4.79 Å². The van der Waals surface area contributed by atoms with E-state index in [4.69, 9.17) is 9.47 Å². The van der Waals surface area contributed by atoms with Crippen LogP contribution < -0.4 is 19.8 Å². The Morgan fingerprint density at radius 3 is 2.62 bits per heavy atom. The van der Waals surface area contributed by atoms with Crippen LogP contribution in [-0.2, 0) is 0 Å². The Hall–Kier alpha value is -3.23. The summed E-state index contributed by atoms with van der Waals surface area (Å²) < 4.78 is 10.7. The second kappa shape index (κ2) is 4.88. The van der Waals surface area contributed by atoms with Crippen LogP contribution in [0.2, 0.25) is 0 Å². The molecule has 24 heavy (non-hydrogen) atoms. The number of ether oxygens (including phenoxy) is 2. The lowest BCUT2D eigenvalue weighted by molar-refractivity contribution is -0.268. The summed E-state index contributed by atoms with van der Waals surface area (Å²) in [7, 11) is 0. The van der Waals surface area contributed by atoms with Gasteiger partial charge in [0.2, 0.25) is 6.79 Å². The normalized spacial score (nSPS) is 12.8. The molecule has 3 N–H and O–H groups in total. The molecule has 1 aliphatic heterocycles. The maximum atomic E-state index is 11.8. The van der Waals surface area contributed by atoms with Crippen molar-refractivity contribution in [2.75, 3.05) is 12.0 Å². The van der Waals surface area contributed by atoms with Crippen LogP contribution in [0.3, 0.4) is 0 Å². The minimum Gasteiger partial charge on any atom is -0.872 e. The van der Waals surface area contributed by atoms with Crippen LogP contribution in [0.4, 0.5) is 5.69 Å².